The van der Waals surface area contributed by atoms with Crippen LogP contribution in [0.1, 0.15) is 16.7 Å². The summed E-state index contributed by atoms with van der Waals surface area (Å²) in [5, 5.41) is 20.6. The average molecular weight is 432 g/mol. The van der Waals surface area contributed by atoms with E-state index in [0.717, 1.165) is 36.4 Å². The minimum absolute atomic E-state index is 0.107. The summed E-state index contributed by atoms with van der Waals surface area (Å²) in [7, 11) is 0. The second-order valence-corrected chi connectivity index (χ2v) is 6.51. The fourth-order valence-electron chi connectivity index (χ4n) is 3.03. The Morgan fingerprint density at radius 2 is 1.35 bits per heavy atom. The quantitative estimate of drug-likeness (QED) is 0.339. The van der Waals surface area contributed by atoms with E-state index in [2.05, 4.69) is 0 Å². The van der Waals surface area contributed by atoms with Gasteiger partial charge >= 0.3 is 5.97 Å². The Bertz CT molecular complexity index is 1080. The van der Waals surface area contributed by atoms with E-state index in [1.807, 2.05) is 0 Å². The summed E-state index contributed by atoms with van der Waals surface area (Å²) in [6.45, 7) is -0.602. The summed E-state index contributed by atoms with van der Waals surface area (Å²) in [6.07, 6.45) is 0.660. The maximum atomic E-state index is 14.5. The lowest BCUT2D eigenvalue weighted by Crippen LogP contribution is -2.41. The Kier molecular flexibility index (Phi) is 6.41. The van der Waals surface area contributed by atoms with E-state index in [1.54, 1.807) is 30.3 Å². The highest BCUT2D eigenvalue weighted by Crippen LogP contribution is 2.36. The van der Waals surface area contributed by atoms with E-state index in [4.69, 9.17) is 4.74 Å². The van der Waals surface area contributed by atoms with Crippen molar-refractivity contribution in [3.05, 3.63) is 113 Å². The van der Waals surface area contributed by atoms with E-state index in [0.29, 0.717) is 11.8 Å². The molecule has 0 unspecified atom stereocenters. The number of carbonyl (C=O) groups excluding carboxylic acids is 1. The third kappa shape index (κ3) is 4.15. The van der Waals surface area contributed by atoms with E-state index in [1.165, 1.54) is 0 Å². The molecular weight excluding hydrogens is 416 g/mol. The Labute approximate surface area is 174 Å². The molecule has 8 heteroatoms. The molecule has 0 radical (unpaired) electrons. The van der Waals surface area contributed by atoms with Crippen LogP contribution in [0.3, 0.4) is 0 Å². The summed E-state index contributed by atoms with van der Waals surface area (Å²) in [6, 6.07) is 13.4. The van der Waals surface area contributed by atoms with Gasteiger partial charge in [-0.3, -0.25) is 0 Å². The van der Waals surface area contributed by atoms with E-state index in [-0.39, 0.29) is 5.57 Å². The fraction of sp³-hybridized carbons (Fsp3) is 0.0870. The van der Waals surface area contributed by atoms with Crippen molar-refractivity contribution in [1.29, 1.82) is 0 Å². The molecule has 0 aromatic heterocycles. The third-order valence-corrected chi connectivity index (χ3v) is 4.64. The lowest BCUT2D eigenvalue weighted by Gasteiger charge is -2.28. The highest BCUT2D eigenvalue weighted by atomic mass is 19.2. The number of carbonyl (C=O) groups is 1. The van der Waals surface area contributed by atoms with Crippen molar-refractivity contribution in [2.75, 3.05) is 6.61 Å². The van der Waals surface area contributed by atoms with Crippen LogP contribution in [0.2, 0.25) is 0 Å². The molecular formula is C23H16F4O4. The lowest BCUT2D eigenvalue weighted by molar-refractivity contribution is -0.161. The van der Waals surface area contributed by atoms with Gasteiger partial charge in [0.15, 0.2) is 23.3 Å². The van der Waals surface area contributed by atoms with E-state index < -0.39 is 52.6 Å². The van der Waals surface area contributed by atoms with Crippen LogP contribution in [0.4, 0.5) is 17.6 Å². The maximum Gasteiger partial charge on any atom is 0.348 e. The smallest absolute Gasteiger partial charge is 0.348 e. The van der Waals surface area contributed by atoms with Crippen molar-refractivity contribution >= 4 is 11.5 Å². The zero-order valence-electron chi connectivity index (χ0n) is 15.9. The molecule has 0 heterocycles. The van der Waals surface area contributed by atoms with E-state index in [9.17, 15) is 32.6 Å². The molecule has 0 aliphatic rings. The van der Waals surface area contributed by atoms with Gasteiger partial charge in [-0.1, -0.05) is 54.6 Å². The topological polar surface area (TPSA) is 66.8 Å². The number of halogens is 4. The summed E-state index contributed by atoms with van der Waals surface area (Å²) < 4.78 is 61.6. The molecule has 0 atom stereocenters. The first-order valence-corrected chi connectivity index (χ1v) is 8.98. The molecule has 0 saturated carbocycles. The second-order valence-electron chi connectivity index (χ2n) is 6.51. The first kappa shape index (κ1) is 22.0. The molecule has 3 aromatic rings. The molecule has 160 valence electrons. The molecule has 0 aliphatic carbocycles. The van der Waals surface area contributed by atoms with Crippen molar-refractivity contribution in [3.63, 3.8) is 0 Å². The molecule has 0 bridgehead atoms. The van der Waals surface area contributed by atoms with E-state index >= 15 is 0 Å². The van der Waals surface area contributed by atoms with Gasteiger partial charge in [0.2, 0.25) is 5.60 Å². The van der Waals surface area contributed by atoms with Gasteiger partial charge in [-0.05, 0) is 17.7 Å². The second kappa shape index (κ2) is 9.01. The Balaban J connectivity index is 2.05. The third-order valence-electron chi connectivity index (χ3n) is 4.64. The first-order valence-electron chi connectivity index (χ1n) is 8.98. The normalized spacial score (nSPS) is 12.0. The Morgan fingerprint density at radius 3 is 1.84 bits per heavy atom. The minimum atomic E-state index is -3.21. The van der Waals surface area contributed by atoms with Crippen LogP contribution in [-0.4, -0.2) is 22.8 Å². The summed E-state index contributed by atoms with van der Waals surface area (Å²) in [4.78, 5) is 12.9. The number of hydrogen-bond donors (Lipinski definition) is 2. The Hall–Kier alpha value is -3.65. The zero-order valence-corrected chi connectivity index (χ0v) is 15.9. The number of benzene rings is 3. The van der Waals surface area contributed by atoms with Crippen molar-refractivity contribution in [1.82, 2.24) is 0 Å². The molecule has 31 heavy (non-hydrogen) atoms. The fourth-order valence-corrected chi connectivity index (χ4v) is 3.03. The van der Waals surface area contributed by atoms with Gasteiger partial charge in [0.05, 0.1) is 6.26 Å². The lowest BCUT2D eigenvalue weighted by atomic mass is 9.85. The molecule has 0 amide bonds. The molecule has 0 fully saturated rings. The van der Waals surface area contributed by atoms with Crippen LogP contribution >= 0.6 is 0 Å². The molecule has 3 rings (SSSR count). The highest BCUT2D eigenvalue weighted by molar-refractivity contribution is 5.86. The van der Waals surface area contributed by atoms with Gasteiger partial charge in [-0.2, -0.15) is 0 Å². The van der Waals surface area contributed by atoms with Crippen molar-refractivity contribution in [3.8, 4) is 0 Å². The SMILES string of the molecule is O=C(OCC(=CO)c1ccccc1)C(O)(c1cccc(F)c1F)c1cccc(F)c1F. The van der Waals surface area contributed by atoms with Gasteiger partial charge < -0.3 is 14.9 Å². The van der Waals surface area contributed by atoms with Gasteiger partial charge in [0, 0.05) is 16.7 Å². The summed E-state index contributed by atoms with van der Waals surface area (Å²) in [5.74, 6) is -7.70. The largest absolute Gasteiger partial charge is 0.515 e. The Morgan fingerprint density at radius 1 is 0.839 bits per heavy atom. The maximum absolute atomic E-state index is 14.5. The van der Waals surface area contributed by atoms with Gasteiger partial charge in [-0.15, -0.1) is 0 Å². The monoisotopic (exact) mass is 432 g/mol. The molecule has 2 N–H and O–H groups in total. The number of aliphatic hydroxyl groups excluding tert-OH is 1. The number of ether oxygens (including phenoxy) is 1. The molecule has 0 saturated heterocycles. The van der Waals surface area contributed by atoms with Crippen molar-refractivity contribution < 1.29 is 37.3 Å². The van der Waals surface area contributed by atoms with Crippen LogP contribution in [0.25, 0.3) is 5.57 Å². The highest BCUT2D eigenvalue weighted by Gasteiger charge is 2.47. The van der Waals surface area contributed by atoms with Gasteiger partial charge in [-0.25, -0.2) is 22.4 Å². The van der Waals surface area contributed by atoms with Crippen LogP contribution in [0.15, 0.2) is 73.0 Å². The van der Waals surface area contributed by atoms with Gasteiger partial charge in [0.1, 0.15) is 6.61 Å². The van der Waals surface area contributed by atoms with Crippen molar-refractivity contribution in [2.45, 2.75) is 5.60 Å². The summed E-state index contributed by atoms with van der Waals surface area (Å²) in [5.41, 5.74) is -4.56. The molecule has 4 nitrogen and oxygen atoms in total. The zero-order chi connectivity index (χ0) is 22.6. The number of esters is 1. The first-order chi connectivity index (χ1) is 14.8. The molecule has 0 spiro atoms. The van der Waals surface area contributed by atoms with Gasteiger partial charge in [0.25, 0.3) is 0 Å². The van der Waals surface area contributed by atoms with Crippen LogP contribution in [0, 0.1) is 23.3 Å². The standard InChI is InChI=1S/C23H16F4O4/c24-18-10-4-8-16(20(18)26)23(30,17-9-5-11-19(25)21(17)27)22(29)31-13-15(12-28)14-6-2-1-3-7-14/h1-12,28,30H,13H2. The predicted octanol–water partition coefficient (Wildman–Crippen LogP) is 4.62. The average Bonchev–Trinajstić information content (AvgIpc) is 2.78. The number of aliphatic hydroxyl groups is 2. The van der Waals surface area contributed by atoms with Crippen LogP contribution in [-0.2, 0) is 15.1 Å². The summed E-state index contributed by atoms with van der Waals surface area (Å²) >= 11 is 0. The van der Waals surface area contributed by atoms with Crippen molar-refractivity contribution in [2.24, 2.45) is 0 Å². The van der Waals surface area contributed by atoms with Crippen LogP contribution in [0.5, 0.6) is 0 Å². The van der Waals surface area contributed by atoms with Crippen LogP contribution < -0.4 is 0 Å². The molecule has 3 aromatic carbocycles. The predicted molar refractivity (Wildman–Crippen MR) is 104 cm³/mol. The number of hydrogen-bond acceptors (Lipinski definition) is 4. The number of rotatable bonds is 6. The minimum Gasteiger partial charge on any atom is -0.515 e. The molecule has 0 aliphatic heterocycles.